The molecule has 5 heteroatoms. The van der Waals surface area contributed by atoms with Gasteiger partial charge in [0.25, 0.3) is 0 Å². The molecule has 1 atom stereocenters. The molecule has 1 unspecified atom stereocenters. The average molecular weight is 297 g/mol. The SMILES string of the molecule is O=C1CSc2ccc(C3CNc4c[c]ccc4O3)cc2N1. The molecule has 0 bridgehead atoms. The molecule has 4 rings (SSSR count). The second kappa shape index (κ2) is 5.00. The molecule has 2 aliphatic heterocycles. The van der Waals surface area contributed by atoms with Gasteiger partial charge in [0, 0.05) is 4.90 Å². The normalized spacial score (nSPS) is 19.6. The summed E-state index contributed by atoms with van der Waals surface area (Å²) in [5.74, 6) is 1.37. The number of carbonyl (C=O) groups is 1. The highest BCUT2D eigenvalue weighted by molar-refractivity contribution is 8.00. The third-order valence-corrected chi connectivity index (χ3v) is 4.65. The summed E-state index contributed by atoms with van der Waals surface area (Å²) in [7, 11) is 0. The minimum absolute atomic E-state index is 0.0493. The van der Waals surface area contributed by atoms with Gasteiger partial charge in [-0.3, -0.25) is 4.79 Å². The van der Waals surface area contributed by atoms with E-state index in [0.29, 0.717) is 12.3 Å². The van der Waals surface area contributed by atoms with Crippen LogP contribution in [0.5, 0.6) is 5.75 Å². The highest BCUT2D eigenvalue weighted by Gasteiger charge is 2.23. The number of fused-ring (bicyclic) bond motifs is 2. The van der Waals surface area contributed by atoms with Crippen LogP contribution in [-0.4, -0.2) is 18.2 Å². The van der Waals surface area contributed by atoms with Gasteiger partial charge >= 0.3 is 0 Å². The van der Waals surface area contributed by atoms with E-state index in [2.05, 4.69) is 22.8 Å². The zero-order chi connectivity index (χ0) is 14.2. The number of hydrogen-bond acceptors (Lipinski definition) is 4. The standard InChI is InChI=1S/C16H13N2O2S/c19-16-9-21-15-6-5-10(7-12(15)18-16)14-8-17-11-3-1-2-4-13(11)20-14/h2-7,14,17H,8-9H2,(H,18,19). The molecular formula is C16H13N2O2S. The maximum atomic E-state index is 11.5. The molecular weight excluding hydrogens is 284 g/mol. The summed E-state index contributed by atoms with van der Waals surface area (Å²) >= 11 is 1.57. The number of hydrogen-bond donors (Lipinski definition) is 2. The van der Waals surface area contributed by atoms with Crippen molar-refractivity contribution in [2.75, 3.05) is 22.9 Å². The molecule has 0 saturated heterocycles. The predicted octanol–water partition coefficient (Wildman–Crippen LogP) is 3.08. The van der Waals surface area contributed by atoms with Crippen molar-refractivity contribution in [3.05, 3.63) is 48.0 Å². The molecule has 1 radical (unpaired) electrons. The number of nitrogens with one attached hydrogen (secondary N) is 2. The van der Waals surface area contributed by atoms with Crippen molar-refractivity contribution in [1.29, 1.82) is 0 Å². The largest absolute Gasteiger partial charge is 0.482 e. The molecule has 0 aliphatic carbocycles. The van der Waals surface area contributed by atoms with Crippen LogP contribution >= 0.6 is 11.8 Å². The number of anilines is 2. The Kier molecular flexibility index (Phi) is 3.00. The van der Waals surface area contributed by atoms with Gasteiger partial charge in [-0.25, -0.2) is 0 Å². The van der Waals surface area contributed by atoms with Crippen molar-refractivity contribution in [3.8, 4) is 5.75 Å². The Morgan fingerprint density at radius 3 is 3.19 bits per heavy atom. The molecule has 4 nitrogen and oxygen atoms in total. The van der Waals surface area contributed by atoms with Crippen LogP contribution in [0.3, 0.4) is 0 Å². The molecule has 2 heterocycles. The zero-order valence-corrected chi connectivity index (χ0v) is 12.0. The highest BCUT2D eigenvalue weighted by Crippen LogP contribution is 2.37. The monoisotopic (exact) mass is 297 g/mol. The fourth-order valence-corrected chi connectivity index (χ4v) is 3.33. The third kappa shape index (κ3) is 2.34. The van der Waals surface area contributed by atoms with Gasteiger partial charge in [-0.15, -0.1) is 11.8 Å². The van der Waals surface area contributed by atoms with Crippen LogP contribution in [0.4, 0.5) is 11.4 Å². The minimum atomic E-state index is -0.0611. The number of thioether (sulfide) groups is 1. The molecule has 2 N–H and O–H groups in total. The quantitative estimate of drug-likeness (QED) is 0.849. The summed E-state index contributed by atoms with van der Waals surface area (Å²) in [6.45, 7) is 0.699. The number of amides is 1. The van der Waals surface area contributed by atoms with Gasteiger partial charge in [-0.1, -0.05) is 12.1 Å². The molecule has 0 fully saturated rings. The lowest BCUT2D eigenvalue weighted by Crippen LogP contribution is -2.24. The maximum Gasteiger partial charge on any atom is 0.234 e. The molecule has 2 aromatic carbocycles. The fourth-order valence-electron chi connectivity index (χ4n) is 2.54. The summed E-state index contributed by atoms with van der Waals surface area (Å²) in [6.07, 6.45) is -0.0611. The molecule has 0 spiro atoms. The number of carbonyl (C=O) groups excluding carboxylic acids is 1. The summed E-state index contributed by atoms with van der Waals surface area (Å²) in [6, 6.07) is 14.8. The van der Waals surface area contributed by atoms with Crippen molar-refractivity contribution in [2.24, 2.45) is 0 Å². The van der Waals surface area contributed by atoms with E-state index >= 15 is 0 Å². The summed E-state index contributed by atoms with van der Waals surface area (Å²) in [5.41, 5.74) is 2.91. The molecule has 105 valence electrons. The second-order valence-electron chi connectivity index (χ2n) is 5.00. The Hall–Kier alpha value is -2.14. The molecule has 0 saturated carbocycles. The smallest absolute Gasteiger partial charge is 0.234 e. The van der Waals surface area contributed by atoms with Gasteiger partial charge in [0.05, 0.1) is 23.7 Å². The molecule has 2 aliphatic rings. The Morgan fingerprint density at radius 1 is 1.29 bits per heavy atom. The zero-order valence-electron chi connectivity index (χ0n) is 11.2. The first-order chi connectivity index (χ1) is 10.3. The third-order valence-electron chi connectivity index (χ3n) is 3.58. The topological polar surface area (TPSA) is 50.4 Å². The second-order valence-corrected chi connectivity index (χ2v) is 6.02. The minimum Gasteiger partial charge on any atom is -0.482 e. The van der Waals surface area contributed by atoms with Gasteiger partial charge in [0.2, 0.25) is 5.91 Å². The average Bonchev–Trinajstić information content (AvgIpc) is 2.53. The van der Waals surface area contributed by atoms with Crippen LogP contribution < -0.4 is 15.4 Å². The van der Waals surface area contributed by atoms with Gasteiger partial charge in [-0.05, 0) is 35.9 Å². The van der Waals surface area contributed by atoms with E-state index in [0.717, 1.165) is 27.6 Å². The van der Waals surface area contributed by atoms with E-state index < -0.39 is 0 Å². The molecule has 1 amide bonds. The first-order valence-corrected chi connectivity index (χ1v) is 7.75. The number of ether oxygens (including phenoxy) is 1. The van der Waals surface area contributed by atoms with Gasteiger partial charge < -0.3 is 15.4 Å². The number of rotatable bonds is 1. The maximum absolute atomic E-state index is 11.5. The van der Waals surface area contributed by atoms with Crippen molar-refractivity contribution in [2.45, 2.75) is 11.0 Å². The van der Waals surface area contributed by atoms with Crippen molar-refractivity contribution in [3.63, 3.8) is 0 Å². The van der Waals surface area contributed by atoms with E-state index in [1.807, 2.05) is 30.3 Å². The molecule has 21 heavy (non-hydrogen) atoms. The summed E-state index contributed by atoms with van der Waals surface area (Å²) < 4.78 is 6.03. The van der Waals surface area contributed by atoms with Crippen molar-refractivity contribution in [1.82, 2.24) is 0 Å². The first kappa shape index (κ1) is 12.6. The Labute approximate surface area is 126 Å². The van der Waals surface area contributed by atoms with Crippen LogP contribution in [0.15, 0.2) is 41.3 Å². The lowest BCUT2D eigenvalue weighted by Gasteiger charge is -2.28. The van der Waals surface area contributed by atoms with E-state index in [4.69, 9.17) is 4.74 Å². The van der Waals surface area contributed by atoms with Gasteiger partial charge in [-0.2, -0.15) is 0 Å². The van der Waals surface area contributed by atoms with Crippen molar-refractivity contribution < 1.29 is 9.53 Å². The highest BCUT2D eigenvalue weighted by atomic mass is 32.2. The Balaban J connectivity index is 1.63. The fraction of sp³-hybridized carbons (Fsp3) is 0.188. The number of benzene rings is 2. The van der Waals surface area contributed by atoms with Crippen LogP contribution in [0, 0.1) is 6.07 Å². The van der Waals surface area contributed by atoms with Gasteiger partial charge in [0.15, 0.2) is 0 Å². The Morgan fingerprint density at radius 2 is 2.24 bits per heavy atom. The molecule has 0 aromatic heterocycles. The summed E-state index contributed by atoms with van der Waals surface area (Å²) in [5, 5.41) is 6.27. The van der Waals surface area contributed by atoms with E-state index in [9.17, 15) is 4.79 Å². The van der Waals surface area contributed by atoms with Crippen LogP contribution in [0.25, 0.3) is 0 Å². The lowest BCUT2D eigenvalue weighted by atomic mass is 10.1. The summed E-state index contributed by atoms with van der Waals surface area (Å²) in [4.78, 5) is 12.6. The lowest BCUT2D eigenvalue weighted by molar-refractivity contribution is -0.113. The molecule has 2 aromatic rings. The Bertz CT molecular complexity index is 717. The van der Waals surface area contributed by atoms with E-state index in [-0.39, 0.29) is 12.0 Å². The van der Waals surface area contributed by atoms with Crippen molar-refractivity contribution >= 4 is 29.0 Å². The first-order valence-electron chi connectivity index (χ1n) is 6.77. The van der Waals surface area contributed by atoms with E-state index in [1.165, 1.54) is 0 Å². The van der Waals surface area contributed by atoms with E-state index in [1.54, 1.807) is 11.8 Å². The van der Waals surface area contributed by atoms with Crippen LogP contribution in [-0.2, 0) is 4.79 Å². The van der Waals surface area contributed by atoms with Gasteiger partial charge in [0.1, 0.15) is 11.9 Å². The predicted molar refractivity (Wildman–Crippen MR) is 82.9 cm³/mol. The van der Waals surface area contributed by atoms with Crippen LogP contribution in [0.1, 0.15) is 11.7 Å². The van der Waals surface area contributed by atoms with Crippen LogP contribution in [0.2, 0.25) is 0 Å².